The largest absolute Gasteiger partial charge is 0.363 e. The van der Waals surface area contributed by atoms with Gasteiger partial charge in [0.05, 0.1) is 6.42 Å². The third kappa shape index (κ3) is 5.20. The minimum absolute atomic E-state index is 0.115. The maximum Gasteiger partial charge on any atom is 0.228 e. The summed E-state index contributed by atoms with van der Waals surface area (Å²) in [6, 6.07) is 16.7. The standard InChI is InChI=1S/C21H22ClN5O/c1-14-23-19(13-20(24-14)27(2)3)25-16-8-10-17(11-9-16)26-21(28)12-15-6-4-5-7-18(15)22/h4-11,13H,12H2,1-3H3,(H,26,28)(H,23,24,25). The molecule has 0 aliphatic carbocycles. The molecule has 3 aromatic rings. The number of halogens is 1. The van der Waals surface area contributed by atoms with Crippen molar-refractivity contribution >= 4 is 40.5 Å². The van der Waals surface area contributed by atoms with Crippen molar-refractivity contribution in [2.45, 2.75) is 13.3 Å². The van der Waals surface area contributed by atoms with Gasteiger partial charge in [-0.25, -0.2) is 9.97 Å². The number of carbonyl (C=O) groups is 1. The fourth-order valence-corrected chi connectivity index (χ4v) is 2.85. The van der Waals surface area contributed by atoms with Gasteiger partial charge in [0, 0.05) is 36.6 Å². The number of aromatic nitrogens is 2. The van der Waals surface area contributed by atoms with Crippen LogP contribution < -0.4 is 15.5 Å². The van der Waals surface area contributed by atoms with Crippen molar-refractivity contribution in [3.8, 4) is 0 Å². The molecule has 0 aliphatic rings. The summed E-state index contributed by atoms with van der Waals surface area (Å²) < 4.78 is 0. The van der Waals surface area contributed by atoms with Crippen molar-refractivity contribution in [1.29, 1.82) is 0 Å². The van der Waals surface area contributed by atoms with Crippen molar-refractivity contribution in [2.24, 2.45) is 0 Å². The molecule has 28 heavy (non-hydrogen) atoms. The molecule has 3 rings (SSSR count). The predicted molar refractivity (Wildman–Crippen MR) is 115 cm³/mol. The van der Waals surface area contributed by atoms with Crippen LogP contribution in [0.2, 0.25) is 5.02 Å². The lowest BCUT2D eigenvalue weighted by Gasteiger charge is -2.14. The van der Waals surface area contributed by atoms with Crippen LogP contribution in [0, 0.1) is 6.92 Å². The van der Waals surface area contributed by atoms with Gasteiger partial charge < -0.3 is 15.5 Å². The first-order valence-corrected chi connectivity index (χ1v) is 9.22. The molecule has 0 unspecified atom stereocenters. The third-order valence-corrected chi connectivity index (χ3v) is 4.40. The number of anilines is 4. The zero-order chi connectivity index (χ0) is 20.1. The molecule has 6 nitrogen and oxygen atoms in total. The van der Waals surface area contributed by atoms with E-state index in [-0.39, 0.29) is 12.3 Å². The molecule has 0 saturated heterocycles. The van der Waals surface area contributed by atoms with Gasteiger partial charge in [0.1, 0.15) is 17.5 Å². The summed E-state index contributed by atoms with van der Waals surface area (Å²) in [5.74, 6) is 2.12. The van der Waals surface area contributed by atoms with E-state index in [9.17, 15) is 4.79 Å². The van der Waals surface area contributed by atoms with E-state index in [1.54, 1.807) is 6.07 Å². The summed E-state index contributed by atoms with van der Waals surface area (Å²) in [7, 11) is 3.87. The molecular formula is C21H22ClN5O. The van der Waals surface area contributed by atoms with E-state index in [1.807, 2.05) is 74.4 Å². The molecule has 1 aromatic heterocycles. The van der Waals surface area contributed by atoms with Crippen molar-refractivity contribution in [3.05, 3.63) is 71.0 Å². The fraction of sp³-hybridized carbons (Fsp3) is 0.190. The highest BCUT2D eigenvalue weighted by Gasteiger charge is 2.08. The van der Waals surface area contributed by atoms with Crippen LogP contribution in [0.4, 0.5) is 23.0 Å². The number of hydrogen-bond acceptors (Lipinski definition) is 5. The summed E-state index contributed by atoms with van der Waals surface area (Å²) in [4.78, 5) is 23.0. The van der Waals surface area contributed by atoms with E-state index in [2.05, 4.69) is 20.6 Å². The minimum atomic E-state index is -0.115. The van der Waals surface area contributed by atoms with Gasteiger partial charge in [0.25, 0.3) is 0 Å². The molecule has 0 fully saturated rings. The number of aryl methyl sites for hydroxylation is 1. The summed E-state index contributed by atoms with van der Waals surface area (Å²) in [5, 5.41) is 6.74. The summed E-state index contributed by atoms with van der Waals surface area (Å²) in [5.41, 5.74) is 2.39. The lowest BCUT2D eigenvalue weighted by Crippen LogP contribution is -2.14. The maximum absolute atomic E-state index is 12.2. The highest BCUT2D eigenvalue weighted by molar-refractivity contribution is 6.31. The van der Waals surface area contributed by atoms with Gasteiger partial charge >= 0.3 is 0 Å². The average molecular weight is 396 g/mol. The van der Waals surface area contributed by atoms with Gasteiger partial charge in [-0.2, -0.15) is 0 Å². The number of nitrogens with one attached hydrogen (secondary N) is 2. The van der Waals surface area contributed by atoms with Gasteiger partial charge in [-0.3, -0.25) is 4.79 Å². The summed E-state index contributed by atoms with van der Waals surface area (Å²) >= 11 is 6.11. The van der Waals surface area contributed by atoms with Gasteiger partial charge in [-0.15, -0.1) is 0 Å². The maximum atomic E-state index is 12.2. The Hall–Kier alpha value is -3.12. The Morgan fingerprint density at radius 3 is 2.39 bits per heavy atom. The molecule has 0 bridgehead atoms. The topological polar surface area (TPSA) is 70.2 Å². The van der Waals surface area contributed by atoms with E-state index < -0.39 is 0 Å². The molecule has 144 valence electrons. The zero-order valence-corrected chi connectivity index (χ0v) is 16.8. The zero-order valence-electron chi connectivity index (χ0n) is 16.0. The van der Waals surface area contributed by atoms with Crippen molar-refractivity contribution < 1.29 is 4.79 Å². The lowest BCUT2D eigenvalue weighted by atomic mass is 10.1. The molecule has 0 spiro atoms. The van der Waals surface area contributed by atoms with Crippen LogP contribution >= 0.6 is 11.6 Å². The van der Waals surface area contributed by atoms with E-state index in [1.165, 1.54) is 0 Å². The second-order valence-electron chi connectivity index (χ2n) is 6.57. The Morgan fingerprint density at radius 1 is 1.04 bits per heavy atom. The van der Waals surface area contributed by atoms with Crippen molar-refractivity contribution in [1.82, 2.24) is 9.97 Å². The normalized spacial score (nSPS) is 10.4. The average Bonchev–Trinajstić information content (AvgIpc) is 2.65. The number of nitrogens with zero attached hydrogens (tertiary/aromatic N) is 3. The third-order valence-electron chi connectivity index (χ3n) is 4.03. The number of amides is 1. The molecule has 1 amide bonds. The van der Waals surface area contributed by atoms with Crippen LogP contribution in [0.3, 0.4) is 0 Å². The Morgan fingerprint density at radius 2 is 1.71 bits per heavy atom. The van der Waals surface area contributed by atoms with Crippen molar-refractivity contribution in [3.63, 3.8) is 0 Å². The molecule has 2 aromatic carbocycles. The van der Waals surface area contributed by atoms with Gasteiger partial charge in [0.2, 0.25) is 5.91 Å². The predicted octanol–water partition coefficient (Wildman–Crippen LogP) is 4.43. The fourth-order valence-electron chi connectivity index (χ4n) is 2.65. The van der Waals surface area contributed by atoms with Crippen LogP contribution in [0.15, 0.2) is 54.6 Å². The molecule has 0 saturated carbocycles. The van der Waals surface area contributed by atoms with E-state index in [4.69, 9.17) is 11.6 Å². The van der Waals surface area contributed by atoms with Crippen LogP contribution in [0.5, 0.6) is 0 Å². The van der Waals surface area contributed by atoms with Gasteiger partial charge in [-0.05, 0) is 42.8 Å². The van der Waals surface area contributed by atoms with Crippen LogP contribution in [-0.4, -0.2) is 30.0 Å². The smallest absolute Gasteiger partial charge is 0.228 e. The summed E-state index contributed by atoms with van der Waals surface area (Å²) in [6.07, 6.45) is 0.229. The lowest BCUT2D eigenvalue weighted by molar-refractivity contribution is -0.115. The number of benzene rings is 2. The number of rotatable bonds is 6. The highest BCUT2D eigenvalue weighted by Crippen LogP contribution is 2.21. The molecule has 1 heterocycles. The Bertz CT molecular complexity index is 973. The second-order valence-corrected chi connectivity index (χ2v) is 6.98. The Kier molecular flexibility index (Phi) is 6.11. The van der Waals surface area contributed by atoms with Crippen LogP contribution in [0.25, 0.3) is 0 Å². The minimum Gasteiger partial charge on any atom is -0.363 e. The molecule has 2 N–H and O–H groups in total. The first-order valence-electron chi connectivity index (χ1n) is 8.84. The van der Waals surface area contributed by atoms with E-state index in [0.29, 0.717) is 16.7 Å². The van der Waals surface area contributed by atoms with Gasteiger partial charge in [-0.1, -0.05) is 29.8 Å². The molecule has 0 radical (unpaired) electrons. The van der Waals surface area contributed by atoms with E-state index >= 15 is 0 Å². The molecule has 0 atom stereocenters. The number of hydrogen-bond donors (Lipinski definition) is 2. The monoisotopic (exact) mass is 395 g/mol. The Labute approximate surface area is 169 Å². The molecular weight excluding hydrogens is 374 g/mol. The quantitative estimate of drug-likeness (QED) is 0.646. The Balaban J connectivity index is 1.64. The van der Waals surface area contributed by atoms with E-state index in [0.717, 1.165) is 22.8 Å². The number of carbonyl (C=O) groups excluding carboxylic acids is 1. The first kappa shape index (κ1) is 19.6. The first-order chi connectivity index (χ1) is 13.4. The SMILES string of the molecule is Cc1nc(Nc2ccc(NC(=O)Cc3ccccc3Cl)cc2)cc(N(C)C)n1. The summed E-state index contributed by atoms with van der Waals surface area (Å²) in [6.45, 7) is 1.86. The van der Waals surface area contributed by atoms with Gasteiger partial charge in [0.15, 0.2) is 0 Å². The second kappa shape index (κ2) is 8.71. The molecule has 0 aliphatic heterocycles. The van der Waals surface area contributed by atoms with Crippen LogP contribution in [0.1, 0.15) is 11.4 Å². The highest BCUT2D eigenvalue weighted by atomic mass is 35.5. The molecule has 7 heteroatoms. The van der Waals surface area contributed by atoms with Crippen LogP contribution in [-0.2, 0) is 11.2 Å². The van der Waals surface area contributed by atoms with Crippen molar-refractivity contribution in [2.75, 3.05) is 29.6 Å².